The zero-order chi connectivity index (χ0) is 14.5. The van der Waals surface area contributed by atoms with Crippen molar-refractivity contribution in [3.8, 4) is 0 Å². The van der Waals surface area contributed by atoms with Gasteiger partial charge in [-0.05, 0) is 37.3 Å². The molecule has 0 spiro atoms. The topological polar surface area (TPSA) is 38.0 Å². The van der Waals surface area contributed by atoms with E-state index in [0.29, 0.717) is 4.99 Å². The maximum absolute atomic E-state index is 5.80. The molecule has 1 aliphatic rings. The van der Waals surface area contributed by atoms with Gasteiger partial charge in [-0.2, -0.15) is 0 Å². The standard InChI is InChI=1S/C17H26N2S/c1-12-3-6-14(7-4-12)9-10-19-16-8-5-13(2)11-15(16)17(18)20/h5,8,11-12,14,19H,3-4,6-7,9-10H2,1-2H3,(H2,18,20). The van der Waals surface area contributed by atoms with Crippen LogP contribution in [0.25, 0.3) is 0 Å². The summed E-state index contributed by atoms with van der Waals surface area (Å²) in [4.78, 5) is 0.475. The monoisotopic (exact) mass is 290 g/mol. The normalized spacial score (nSPS) is 22.5. The summed E-state index contributed by atoms with van der Waals surface area (Å²) in [6, 6.07) is 6.26. The van der Waals surface area contributed by atoms with Gasteiger partial charge >= 0.3 is 0 Å². The molecule has 0 unspecified atom stereocenters. The molecule has 0 saturated heterocycles. The first-order chi connectivity index (χ1) is 9.56. The van der Waals surface area contributed by atoms with Gasteiger partial charge in [0.05, 0.1) is 0 Å². The summed E-state index contributed by atoms with van der Waals surface area (Å²) in [5, 5.41) is 3.51. The van der Waals surface area contributed by atoms with Crippen LogP contribution in [-0.2, 0) is 0 Å². The van der Waals surface area contributed by atoms with Crippen LogP contribution in [0.1, 0.15) is 50.2 Å². The smallest absolute Gasteiger partial charge is 0.106 e. The molecule has 1 aromatic carbocycles. The molecule has 0 radical (unpaired) electrons. The molecule has 0 amide bonds. The molecule has 1 aliphatic carbocycles. The third kappa shape index (κ3) is 4.20. The summed E-state index contributed by atoms with van der Waals surface area (Å²) >= 11 is 5.14. The fourth-order valence-corrected chi connectivity index (χ4v) is 3.21. The van der Waals surface area contributed by atoms with Gasteiger partial charge in [0.1, 0.15) is 4.99 Å². The summed E-state index contributed by atoms with van der Waals surface area (Å²) in [6.07, 6.45) is 6.82. The average molecular weight is 290 g/mol. The van der Waals surface area contributed by atoms with Crippen LogP contribution in [0.4, 0.5) is 5.69 Å². The minimum Gasteiger partial charge on any atom is -0.389 e. The molecule has 3 heteroatoms. The summed E-state index contributed by atoms with van der Waals surface area (Å²) in [7, 11) is 0. The highest BCUT2D eigenvalue weighted by Crippen LogP contribution is 2.30. The number of nitrogens with one attached hydrogen (secondary N) is 1. The molecule has 0 aromatic heterocycles. The fraction of sp³-hybridized carbons (Fsp3) is 0.588. The summed E-state index contributed by atoms with van der Waals surface area (Å²) in [5.41, 5.74) is 9.04. The summed E-state index contributed by atoms with van der Waals surface area (Å²) in [5.74, 6) is 1.81. The van der Waals surface area contributed by atoms with Crippen molar-refractivity contribution in [3.05, 3.63) is 29.3 Å². The Morgan fingerprint density at radius 3 is 2.65 bits per heavy atom. The number of hydrogen-bond donors (Lipinski definition) is 2. The van der Waals surface area contributed by atoms with Crippen LogP contribution in [0.5, 0.6) is 0 Å². The minimum atomic E-state index is 0.475. The maximum Gasteiger partial charge on any atom is 0.106 e. The first kappa shape index (κ1) is 15.3. The number of rotatable bonds is 5. The van der Waals surface area contributed by atoms with E-state index in [1.807, 2.05) is 0 Å². The molecule has 20 heavy (non-hydrogen) atoms. The molecule has 1 aromatic rings. The van der Waals surface area contributed by atoms with Gasteiger partial charge in [0.15, 0.2) is 0 Å². The lowest BCUT2D eigenvalue weighted by Crippen LogP contribution is -2.17. The third-order valence-electron chi connectivity index (χ3n) is 4.44. The van der Waals surface area contributed by atoms with Gasteiger partial charge in [-0.1, -0.05) is 56.5 Å². The molecule has 0 bridgehead atoms. The van der Waals surface area contributed by atoms with Crippen LogP contribution in [0.2, 0.25) is 0 Å². The number of aryl methyl sites for hydroxylation is 1. The molecule has 1 saturated carbocycles. The largest absolute Gasteiger partial charge is 0.389 e. The average Bonchev–Trinajstić information content (AvgIpc) is 2.42. The van der Waals surface area contributed by atoms with Gasteiger partial charge in [-0.15, -0.1) is 0 Å². The zero-order valence-corrected chi connectivity index (χ0v) is 13.4. The van der Waals surface area contributed by atoms with E-state index in [9.17, 15) is 0 Å². The Labute approximate surface area is 128 Å². The second-order valence-corrected chi connectivity index (χ2v) is 6.69. The van der Waals surface area contributed by atoms with Crippen LogP contribution in [0.15, 0.2) is 18.2 Å². The lowest BCUT2D eigenvalue weighted by molar-refractivity contribution is 0.282. The van der Waals surface area contributed by atoms with E-state index in [0.717, 1.165) is 29.6 Å². The number of anilines is 1. The quantitative estimate of drug-likeness (QED) is 0.796. The third-order valence-corrected chi connectivity index (χ3v) is 4.66. The fourth-order valence-electron chi connectivity index (χ4n) is 3.04. The Hall–Kier alpha value is -1.09. The van der Waals surface area contributed by atoms with Crippen LogP contribution < -0.4 is 11.1 Å². The SMILES string of the molecule is Cc1ccc(NCCC2CCC(C)CC2)c(C(N)=S)c1. The van der Waals surface area contributed by atoms with E-state index in [1.54, 1.807) is 0 Å². The van der Waals surface area contributed by atoms with Crippen molar-refractivity contribution in [2.45, 2.75) is 46.0 Å². The van der Waals surface area contributed by atoms with E-state index in [2.05, 4.69) is 37.4 Å². The van der Waals surface area contributed by atoms with Crippen LogP contribution in [0, 0.1) is 18.8 Å². The van der Waals surface area contributed by atoms with Crippen molar-refractivity contribution in [3.63, 3.8) is 0 Å². The van der Waals surface area contributed by atoms with Gasteiger partial charge in [-0.3, -0.25) is 0 Å². The molecular formula is C17H26N2S. The predicted octanol–water partition coefficient (Wildman–Crippen LogP) is 4.26. The Kier molecular flexibility index (Phi) is 5.41. The number of thiocarbonyl (C=S) groups is 1. The number of nitrogens with two attached hydrogens (primary N) is 1. The molecule has 1 fully saturated rings. The van der Waals surface area contributed by atoms with Gasteiger partial charge in [-0.25, -0.2) is 0 Å². The molecular weight excluding hydrogens is 264 g/mol. The second kappa shape index (κ2) is 7.07. The molecule has 2 rings (SSSR count). The van der Waals surface area contributed by atoms with Crippen molar-refractivity contribution < 1.29 is 0 Å². The molecule has 0 aliphatic heterocycles. The highest BCUT2D eigenvalue weighted by atomic mass is 32.1. The van der Waals surface area contributed by atoms with Crippen LogP contribution in [-0.4, -0.2) is 11.5 Å². The van der Waals surface area contributed by atoms with Gasteiger partial charge in [0, 0.05) is 17.8 Å². The van der Waals surface area contributed by atoms with E-state index in [1.165, 1.54) is 37.7 Å². The molecule has 2 nitrogen and oxygen atoms in total. The highest BCUT2D eigenvalue weighted by molar-refractivity contribution is 7.80. The van der Waals surface area contributed by atoms with E-state index >= 15 is 0 Å². The van der Waals surface area contributed by atoms with Crippen molar-refractivity contribution in [1.82, 2.24) is 0 Å². The Morgan fingerprint density at radius 1 is 1.30 bits per heavy atom. The maximum atomic E-state index is 5.80. The van der Waals surface area contributed by atoms with Crippen molar-refractivity contribution >= 4 is 22.9 Å². The van der Waals surface area contributed by atoms with Crippen molar-refractivity contribution in [2.75, 3.05) is 11.9 Å². The Morgan fingerprint density at radius 2 is 2.00 bits per heavy atom. The second-order valence-electron chi connectivity index (χ2n) is 6.25. The van der Waals surface area contributed by atoms with Gasteiger partial charge in [0.25, 0.3) is 0 Å². The number of benzene rings is 1. The van der Waals surface area contributed by atoms with Crippen molar-refractivity contribution in [1.29, 1.82) is 0 Å². The number of hydrogen-bond acceptors (Lipinski definition) is 2. The molecule has 3 N–H and O–H groups in total. The zero-order valence-electron chi connectivity index (χ0n) is 12.6. The molecule has 0 heterocycles. The minimum absolute atomic E-state index is 0.475. The van der Waals surface area contributed by atoms with E-state index < -0.39 is 0 Å². The van der Waals surface area contributed by atoms with Crippen LogP contribution in [0.3, 0.4) is 0 Å². The first-order valence-electron chi connectivity index (χ1n) is 7.70. The Bertz CT molecular complexity index is 462. The highest BCUT2D eigenvalue weighted by Gasteiger charge is 2.17. The van der Waals surface area contributed by atoms with E-state index in [4.69, 9.17) is 18.0 Å². The van der Waals surface area contributed by atoms with E-state index in [-0.39, 0.29) is 0 Å². The Balaban J connectivity index is 1.86. The van der Waals surface area contributed by atoms with Crippen molar-refractivity contribution in [2.24, 2.45) is 17.6 Å². The van der Waals surface area contributed by atoms with Gasteiger partial charge in [0.2, 0.25) is 0 Å². The lowest BCUT2D eigenvalue weighted by Gasteiger charge is -2.26. The van der Waals surface area contributed by atoms with Gasteiger partial charge < -0.3 is 11.1 Å². The lowest BCUT2D eigenvalue weighted by atomic mass is 9.81. The van der Waals surface area contributed by atoms with Crippen LogP contribution >= 0.6 is 12.2 Å². The predicted molar refractivity (Wildman–Crippen MR) is 91.3 cm³/mol. The first-order valence-corrected chi connectivity index (χ1v) is 8.11. The molecule has 110 valence electrons. The summed E-state index contributed by atoms with van der Waals surface area (Å²) < 4.78 is 0. The molecule has 0 atom stereocenters. The summed E-state index contributed by atoms with van der Waals surface area (Å²) in [6.45, 7) is 5.45.